The van der Waals surface area contributed by atoms with E-state index in [1.165, 1.54) is 20.3 Å². The van der Waals surface area contributed by atoms with Crippen LogP contribution >= 0.6 is 0 Å². The van der Waals surface area contributed by atoms with Crippen molar-refractivity contribution < 1.29 is 35.9 Å². The van der Waals surface area contributed by atoms with Crippen LogP contribution in [0, 0.1) is 0 Å². The number of sulfonamides is 1. The van der Waals surface area contributed by atoms with E-state index in [2.05, 4.69) is 5.32 Å². The first-order chi connectivity index (χ1) is 14.4. The molecule has 0 fully saturated rings. The maximum Gasteiger partial charge on any atom is 0.416 e. The van der Waals surface area contributed by atoms with Gasteiger partial charge in [-0.25, -0.2) is 8.42 Å². The number of carbonyl (C=O) groups is 1. The van der Waals surface area contributed by atoms with Crippen molar-refractivity contribution in [2.75, 3.05) is 31.3 Å². The van der Waals surface area contributed by atoms with Crippen LogP contribution in [0.4, 0.5) is 18.9 Å². The van der Waals surface area contributed by atoms with Crippen molar-refractivity contribution in [1.29, 1.82) is 0 Å². The summed E-state index contributed by atoms with van der Waals surface area (Å²) in [5, 5.41) is 2.64. The molecule has 7 nitrogen and oxygen atoms in total. The number of alkyl halides is 3. The maximum absolute atomic E-state index is 13.0. The van der Waals surface area contributed by atoms with Gasteiger partial charge in [0.1, 0.15) is 6.54 Å². The molecule has 2 aromatic carbocycles. The zero-order valence-electron chi connectivity index (χ0n) is 17.4. The lowest BCUT2D eigenvalue weighted by Gasteiger charge is -2.24. The van der Waals surface area contributed by atoms with Gasteiger partial charge in [-0.2, -0.15) is 13.2 Å². The first kappa shape index (κ1) is 24.3. The molecule has 0 saturated carbocycles. The number of benzene rings is 2. The number of rotatable bonds is 8. The summed E-state index contributed by atoms with van der Waals surface area (Å²) in [5.74, 6) is 0.255. The van der Waals surface area contributed by atoms with Crippen molar-refractivity contribution >= 4 is 21.6 Å². The number of carbonyl (C=O) groups excluding carboxylic acids is 1. The van der Waals surface area contributed by atoms with Crippen LogP contribution in [0.1, 0.15) is 24.1 Å². The number of anilines is 1. The zero-order valence-corrected chi connectivity index (χ0v) is 18.2. The van der Waals surface area contributed by atoms with E-state index in [0.29, 0.717) is 27.4 Å². The van der Waals surface area contributed by atoms with Crippen LogP contribution in [0.25, 0.3) is 0 Å². The molecule has 0 radical (unpaired) electrons. The number of halogens is 3. The van der Waals surface area contributed by atoms with Gasteiger partial charge in [0.15, 0.2) is 11.5 Å². The molecule has 0 spiro atoms. The Morgan fingerprint density at radius 2 is 1.74 bits per heavy atom. The van der Waals surface area contributed by atoms with E-state index in [0.717, 1.165) is 18.4 Å². The van der Waals surface area contributed by atoms with Crippen LogP contribution in [0.5, 0.6) is 11.5 Å². The van der Waals surface area contributed by atoms with E-state index in [9.17, 15) is 26.4 Å². The molecule has 1 N–H and O–H groups in total. The van der Waals surface area contributed by atoms with Gasteiger partial charge in [-0.3, -0.25) is 9.10 Å². The summed E-state index contributed by atoms with van der Waals surface area (Å²) < 4.78 is 74.3. The highest BCUT2D eigenvalue weighted by atomic mass is 32.2. The highest BCUT2D eigenvalue weighted by Gasteiger charge is 2.32. The molecule has 1 atom stereocenters. The quantitative estimate of drug-likeness (QED) is 0.653. The first-order valence-electron chi connectivity index (χ1n) is 9.03. The van der Waals surface area contributed by atoms with Crippen molar-refractivity contribution in [1.82, 2.24) is 5.32 Å². The van der Waals surface area contributed by atoms with Gasteiger partial charge in [0.2, 0.25) is 15.9 Å². The number of hydrogen-bond acceptors (Lipinski definition) is 5. The minimum atomic E-state index is -4.65. The summed E-state index contributed by atoms with van der Waals surface area (Å²) in [6.07, 6.45) is -3.83. The topological polar surface area (TPSA) is 84.9 Å². The van der Waals surface area contributed by atoms with E-state index in [-0.39, 0.29) is 5.69 Å². The van der Waals surface area contributed by atoms with Crippen molar-refractivity contribution in [2.24, 2.45) is 0 Å². The molecule has 170 valence electrons. The van der Waals surface area contributed by atoms with Crippen LogP contribution in [-0.2, 0) is 21.0 Å². The summed E-state index contributed by atoms with van der Waals surface area (Å²) in [6.45, 7) is 0.992. The monoisotopic (exact) mass is 460 g/mol. The summed E-state index contributed by atoms with van der Waals surface area (Å²) in [7, 11) is -1.08. The fraction of sp³-hybridized carbons (Fsp3) is 0.350. The van der Waals surface area contributed by atoms with E-state index in [1.54, 1.807) is 25.1 Å². The number of amides is 1. The Labute approximate surface area is 178 Å². The number of methoxy groups -OCH3 is 2. The van der Waals surface area contributed by atoms with Gasteiger partial charge in [0.05, 0.1) is 37.8 Å². The SMILES string of the molecule is COc1ccc([C@H](C)NC(=O)CN(c2cccc(C(F)(F)F)c2)S(C)(=O)=O)cc1OC. The third kappa shape index (κ3) is 6.27. The summed E-state index contributed by atoms with van der Waals surface area (Å²) in [5.41, 5.74) is -0.611. The molecule has 0 aliphatic rings. The van der Waals surface area contributed by atoms with Gasteiger partial charge >= 0.3 is 6.18 Å². The lowest BCUT2D eigenvalue weighted by atomic mass is 10.1. The van der Waals surface area contributed by atoms with E-state index >= 15 is 0 Å². The Bertz CT molecular complexity index is 1040. The Kier molecular flexibility index (Phi) is 7.42. The molecule has 2 aromatic rings. The highest BCUT2D eigenvalue weighted by molar-refractivity contribution is 7.92. The molecule has 0 aliphatic carbocycles. The van der Waals surface area contributed by atoms with Gasteiger partial charge < -0.3 is 14.8 Å². The van der Waals surface area contributed by atoms with Crippen molar-refractivity contribution in [3.63, 3.8) is 0 Å². The molecular formula is C20H23F3N2O5S. The molecule has 31 heavy (non-hydrogen) atoms. The Morgan fingerprint density at radius 3 is 2.29 bits per heavy atom. The molecule has 0 unspecified atom stereocenters. The van der Waals surface area contributed by atoms with Gasteiger partial charge in [-0.1, -0.05) is 12.1 Å². The van der Waals surface area contributed by atoms with Crippen molar-refractivity contribution in [2.45, 2.75) is 19.1 Å². The lowest BCUT2D eigenvalue weighted by molar-refractivity contribution is -0.137. The first-order valence-corrected chi connectivity index (χ1v) is 10.9. The second kappa shape index (κ2) is 9.46. The highest BCUT2D eigenvalue weighted by Crippen LogP contribution is 2.32. The van der Waals surface area contributed by atoms with Crippen LogP contribution in [0.2, 0.25) is 0 Å². The second-order valence-electron chi connectivity index (χ2n) is 6.72. The predicted octanol–water partition coefficient (Wildman–Crippen LogP) is 3.37. The van der Waals surface area contributed by atoms with E-state index < -0.39 is 40.3 Å². The minimum absolute atomic E-state index is 0.258. The molecule has 0 saturated heterocycles. The van der Waals surface area contributed by atoms with E-state index in [4.69, 9.17) is 9.47 Å². The number of nitrogens with zero attached hydrogens (tertiary/aromatic N) is 1. The predicted molar refractivity (Wildman–Crippen MR) is 110 cm³/mol. The lowest BCUT2D eigenvalue weighted by Crippen LogP contribution is -2.41. The number of ether oxygens (including phenoxy) is 2. The number of nitrogens with one attached hydrogen (secondary N) is 1. The van der Waals surface area contributed by atoms with Crippen LogP contribution in [0.3, 0.4) is 0 Å². The maximum atomic E-state index is 13.0. The molecule has 11 heteroatoms. The molecule has 2 rings (SSSR count). The average Bonchev–Trinajstić information content (AvgIpc) is 2.70. The Morgan fingerprint density at radius 1 is 1.10 bits per heavy atom. The largest absolute Gasteiger partial charge is 0.493 e. The summed E-state index contributed by atoms with van der Waals surface area (Å²) in [6, 6.07) is 8.27. The normalized spacial score (nSPS) is 12.7. The van der Waals surface area contributed by atoms with Crippen LogP contribution in [-0.4, -0.2) is 41.3 Å². The van der Waals surface area contributed by atoms with Gasteiger partial charge in [0, 0.05) is 0 Å². The molecule has 0 aromatic heterocycles. The van der Waals surface area contributed by atoms with Crippen LogP contribution < -0.4 is 19.1 Å². The third-order valence-electron chi connectivity index (χ3n) is 4.43. The Hall–Kier alpha value is -2.95. The fourth-order valence-electron chi connectivity index (χ4n) is 2.86. The van der Waals surface area contributed by atoms with Gasteiger partial charge in [0.25, 0.3) is 0 Å². The molecule has 0 heterocycles. The van der Waals surface area contributed by atoms with Gasteiger partial charge in [-0.05, 0) is 42.8 Å². The van der Waals surface area contributed by atoms with Crippen molar-refractivity contribution in [3.8, 4) is 11.5 Å². The van der Waals surface area contributed by atoms with Crippen LogP contribution in [0.15, 0.2) is 42.5 Å². The molecule has 1 amide bonds. The second-order valence-corrected chi connectivity index (χ2v) is 8.63. The van der Waals surface area contributed by atoms with E-state index in [1.807, 2.05) is 0 Å². The average molecular weight is 460 g/mol. The summed E-state index contributed by atoms with van der Waals surface area (Å²) >= 11 is 0. The molecule has 0 bridgehead atoms. The summed E-state index contributed by atoms with van der Waals surface area (Å²) in [4.78, 5) is 12.5. The fourth-order valence-corrected chi connectivity index (χ4v) is 3.71. The van der Waals surface area contributed by atoms with Crippen molar-refractivity contribution in [3.05, 3.63) is 53.6 Å². The van der Waals surface area contributed by atoms with Gasteiger partial charge in [-0.15, -0.1) is 0 Å². The minimum Gasteiger partial charge on any atom is -0.493 e. The zero-order chi connectivity index (χ0) is 23.4. The molecular weight excluding hydrogens is 437 g/mol. The third-order valence-corrected chi connectivity index (χ3v) is 5.57. The smallest absolute Gasteiger partial charge is 0.416 e. The Balaban J connectivity index is 2.23. The number of hydrogen-bond donors (Lipinski definition) is 1. The molecule has 0 aliphatic heterocycles. The standard InChI is InChI=1S/C20H23F3N2O5S/c1-13(14-8-9-17(29-2)18(10-14)30-3)24-19(26)12-25(31(4,27)28)16-7-5-6-15(11-16)20(21,22)23/h5-11,13H,12H2,1-4H3,(H,24,26)/t13-/m0/s1.